The second-order valence-corrected chi connectivity index (χ2v) is 10.1. The summed E-state index contributed by atoms with van der Waals surface area (Å²) in [7, 11) is 0. The fourth-order valence-corrected chi connectivity index (χ4v) is 4.60. The van der Waals surface area contributed by atoms with Crippen molar-refractivity contribution in [3.63, 3.8) is 0 Å². The smallest absolute Gasteiger partial charge is 0.416 e. The van der Waals surface area contributed by atoms with Gasteiger partial charge in [-0.3, -0.25) is 10.9 Å². The Kier molecular flexibility index (Phi) is 9.66. The molecule has 0 bridgehead atoms. The van der Waals surface area contributed by atoms with E-state index in [-0.39, 0.29) is 27.2 Å². The van der Waals surface area contributed by atoms with Gasteiger partial charge in [0.15, 0.2) is 0 Å². The Morgan fingerprint density at radius 2 is 1.27 bits per heavy atom. The van der Waals surface area contributed by atoms with Gasteiger partial charge >= 0.3 is 6.18 Å². The van der Waals surface area contributed by atoms with E-state index >= 15 is 0 Å². The van der Waals surface area contributed by atoms with E-state index in [1.165, 1.54) is 18.3 Å². The van der Waals surface area contributed by atoms with Crippen LogP contribution in [0, 0.1) is 0 Å². The van der Waals surface area contributed by atoms with Crippen LogP contribution in [0.3, 0.4) is 0 Å². The number of hydrogen-bond donors (Lipinski definition) is 4. The van der Waals surface area contributed by atoms with Crippen molar-refractivity contribution in [1.82, 2.24) is 4.98 Å². The fraction of sp³-hybridized carbons (Fsp3) is 0.0357. The second-order valence-electron chi connectivity index (χ2n) is 8.22. The van der Waals surface area contributed by atoms with E-state index in [0.29, 0.717) is 5.56 Å². The molecule has 0 amide bonds. The maximum Gasteiger partial charge on any atom is 0.416 e. The van der Waals surface area contributed by atoms with Gasteiger partial charge in [-0.15, -0.1) is 0 Å². The third-order valence-corrected chi connectivity index (χ3v) is 6.75. The maximum absolute atomic E-state index is 12.6. The molecule has 0 atom stereocenters. The van der Waals surface area contributed by atoms with Gasteiger partial charge in [0.1, 0.15) is 11.5 Å². The van der Waals surface area contributed by atoms with Gasteiger partial charge in [-0.1, -0.05) is 46.7 Å². The molecule has 0 saturated heterocycles. The number of nitrogens with one attached hydrogen (secondary N) is 2. The minimum Gasteiger partial charge on any atom is -0.508 e. The molecule has 4 aromatic carbocycles. The van der Waals surface area contributed by atoms with Crippen molar-refractivity contribution in [2.75, 3.05) is 10.9 Å². The summed E-state index contributed by atoms with van der Waals surface area (Å²) in [6.07, 6.45) is -1.43. The first-order valence-corrected chi connectivity index (χ1v) is 13.2. The first-order chi connectivity index (χ1) is 19.6. The molecule has 210 valence electrons. The number of nitrogens with zero attached hydrogens (tertiary/aromatic N) is 3. The minimum atomic E-state index is -4.53. The van der Waals surface area contributed by atoms with Crippen molar-refractivity contribution in [3.05, 3.63) is 112 Å². The van der Waals surface area contributed by atoms with Crippen LogP contribution in [-0.2, 0) is 6.18 Å². The Hall–Kier alpha value is -4.32. The van der Waals surface area contributed by atoms with Crippen LogP contribution in [0.1, 0.15) is 16.7 Å². The molecule has 0 saturated carbocycles. The van der Waals surface area contributed by atoms with Crippen LogP contribution in [0.4, 0.5) is 24.0 Å². The average molecular weight is 618 g/mol. The van der Waals surface area contributed by atoms with Crippen molar-refractivity contribution >= 4 is 68.0 Å². The van der Waals surface area contributed by atoms with Crippen LogP contribution >= 0.6 is 34.5 Å². The van der Waals surface area contributed by atoms with E-state index in [2.05, 4.69) is 26.0 Å². The number of aromatic hydroxyl groups is 2. The third kappa shape index (κ3) is 8.58. The largest absolute Gasteiger partial charge is 0.508 e. The van der Waals surface area contributed by atoms with Gasteiger partial charge in [0.2, 0.25) is 5.13 Å². The van der Waals surface area contributed by atoms with Crippen molar-refractivity contribution in [2.45, 2.75) is 6.18 Å². The fourth-order valence-electron chi connectivity index (χ4n) is 3.22. The van der Waals surface area contributed by atoms with Crippen LogP contribution in [0.2, 0.25) is 10.0 Å². The molecular formula is C28H20Cl2F3N5O2S. The van der Waals surface area contributed by atoms with Crippen molar-refractivity contribution in [1.29, 1.82) is 0 Å². The summed E-state index contributed by atoms with van der Waals surface area (Å²) in [5, 5.41) is 26.7. The number of phenolic OH excluding ortho intramolecular Hbond substituents is 2. The van der Waals surface area contributed by atoms with Crippen LogP contribution in [0.15, 0.2) is 95.1 Å². The molecule has 1 aromatic heterocycles. The third-order valence-electron chi connectivity index (χ3n) is 5.21. The lowest BCUT2D eigenvalue weighted by molar-refractivity contribution is -0.137. The highest BCUT2D eigenvalue weighted by molar-refractivity contribution is 7.22. The number of benzene rings is 4. The Bertz CT molecular complexity index is 1620. The molecule has 7 nitrogen and oxygen atoms in total. The number of halogens is 5. The number of alkyl halides is 3. The molecular weight excluding hydrogens is 598 g/mol. The van der Waals surface area contributed by atoms with Gasteiger partial charge in [0, 0.05) is 0 Å². The molecule has 0 spiro atoms. The number of hydrogen-bond acceptors (Lipinski definition) is 8. The highest BCUT2D eigenvalue weighted by atomic mass is 35.5. The molecule has 0 radical (unpaired) electrons. The summed E-state index contributed by atoms with van der Waals surface area (Å²) in [4.78, 5) is 4.41. The molecule has 0 fully saturated rings. The lowest BCUT2D eigenvalue weighted by atomic mass is 10.2. The number of aromatic nitrogens is 1. The van der Waals surface area contributed by atoms with Gasteiger partial charge in [0.25, 0.3) is 0 Å². The SMILES string of the molecule is Oc1ccc(C=NNc2c(Cl)cc(C(F)(F)F)cc2Cl)cc1.Oc1ccc(C=NNc2nc3ccccc3s2)cc1. The number of fused-ring (bicyclic) bond motifs is 1. The number of para-hydroxylation sites is 1. The zero-order valence-electron chi connectivity index (χ0n) is 20.8. The second kappa shape index (κ2) is 13.4. The van der Waals surface area contributed by atoms with Gasteiger partial charge < -0.3 is 10.2 Å². The molecule has 0 aliphatic carbocycles. The average Bonchev–Trinajstić information content (AvgIpc) is 3.35. The number of phenols is 2. The summed E-state index contributed by atoms with van der Waals surface area (Å²) >= 11 is 13.1. The highest BCUT2D eigenvalue weighted by Gasteiger charge is 2.32. The minimum absolute atomic E-state index is 0.0753. The number of hydrazone groups is 2. The predicted molar refractivity (Wildman–Crippen MR) is 160 cm³/mol. The monoisotopic (exact) mass is 617 g/mol. The van der Waals surface area contributed by atoms with Crippen LogP contribution in [0.25, 0.3) is 10.2 Å². The summed E-state index contributed by atoms with van der Waals surface area (Å²) in [5.74, 6) is 0.357. The molecule has 5 aromatic rings. The molecule has 41 heavy (non-hydrogen) atoms. The standard InChI is InChI=1S/C14H9Cl2F3N2O.C14H11N3OS/c15-11-5-9(14(17,18)19)6-12(16)13(11)21-20-7-8-1-3-10(22)4-2-8;18-11-7-5-10(6-8-11)9-15-17-14-16-12-3-1-2-4-13(12)19-14/h1-7,21-22H;1-9,18H,(H,16,17). The molecule has 0 aliphatic rings. The Labute approximate surface area is 246 Å². The summed E-state index contributed by atoms with van der Waals surface area (Å²) in [5.41, 5.74) is 7.10. The highest BCUT2D eigenvalue weighted by Crippen LogP contribution is 2.38. The van der Waals surface area contributed by atoms with Crippen LogP contribution in [0.5, 0.6) is 11.5 Å². The summed E-state index contributed by atoms with van der Waals surface area (Å²) in [6.45, 7) is 0. The van der Waals surface area contributed by atoms with E-state index in [1.54, 1.807) is 53.9 Å². The zero-order valence-corrected chi connectivity index (χ0v) is 23.1. The summed E-state index contributed by atoms with van der Waals surface area (Å²) < 4.78 is 38.9. The Morgan fingerprint density at radius 3 is 1.78 bits per heavy atom. The van der Waals surface area contributed by atoms with Crippen molar-refractivity contribution < 1.29 is 23.4 Å². The molecule has 1 heterocycles. The van der Waals surface area contributed by atoms with Gasteiger partial charge in [-0.05, 0) is 83.9 Å². The quantitative estimate of drug-likeness (QED) is 0.113. The number of thiazole rings is 1. The Balaban J connectivity index is 0.000000191. The van der Waals surface area contributed by atoms with Crippen LogP contribution < -0.4 is 10.9 Å². The molecule has 13 heteroatoms. The van der Waals surface area contributed by atoms with E-state index < -0.39 is 11.7 Å². The topological polar surface area (TPSA) is 102 Å². The lowest BCUT2D eigenvalue weighted by Crippen LogP contribution is -2.05. The molecule has 0 aliphatic heterocycles. The van der Waals surface area contributed by atoms with Crippen molar-refractivity contribution in [2.24, 2.45) is 10.2 Å². The lowest BCUT2D eigenvalue weighted by Gasteiger charge is -2.11. The normalized spacial score (nSPS) is 11.5. The van der Waals surface area contributed by atoms with Gasteiger partial charge in [-0.2, -0.15) is 23.4 Å². The summed E-state index contributed by atoms with van der Waals surface area (Å²) in [6, 6.07) is 22.5. The van der Waals surface area contributed by atoms with Gasteiger partial charge in [-0.25, -0.2) is 4.98 Å². The first-order valence-electron chi connectivity index (χ1n) is 11.7. The van der Waals surface area contributed by atoms with E-state index in [1.807, 2.05) is 24.3 Å². The Morgan fingerprint density at radius 1 is 0.756 bits per heavy atom. The number of anilines is 2. The predicted octanol–water partition coefficient (Wildman–Crippen LogP) is 8.61. The van der Waals surface area contributed by atoms with E-state index in [0.717, 1.165) is 33.0 Å². The van der Waals surface area contributed by atoms with Gasteiger partial charge in [0.05, 0.1) is 43.9 Å². The van der Waals surface area contributed by atoms with Crippen molar-refractivity contribution in [3.8, 4) is 11.5 Å². The number of rotatable bonds is 6. The van der Waals surface area contributed by atoms with E-state index in [9.17, 15) is 18.3 Å². The maximum atomic E-state index is 12.6. The first kappa shape index (κ1) is 29.7. The molecule has 5 rings (SSSR count). The van der Waals surface area contributed by atoms with E-state index in [4.69, 9.17) is 28.3 Å². The molecule has 4 N–H and O–H groups in total. The molecule has 0 unspecified atom stereocenters. The van der Waals surface area contributed by atoms with Crippen LogP contribution in [-0.4, -0.2) is 27.6 Å². The zero-order chi connectivity index (χ0) is 29.4.